The van der Waals surface area contributed by atoms with E-state index in [0.717, 1.165) is 16.8 Å². The molecule has 3 N–H and O–H groups in total. The monoisotopic (exact) mass is 304 g/mol. The number of aromatic hydroxyl groups is 1. The van der Waals surface area contributed by atoms with Gasteiger partial charge in [-0.2, -0.15) is 0 Å². The highest BCUT2D eigenvalue weighted by molar-refractivity contribution is 6.31. The molecule has 2 rings (SSSR count). The molecule has 2 aromatic rings. The van der Waals surface area contributed by atoms with Crippen molar-refractivity contribution in [2.24, 2.45) is 0 Å². The Morgan fingerprint density at radius 1 is 1.19 bits per heavy atom. The van der Waals surface area contributed by atoms with Crippen molar-refractivity contribution in [1.29, 1.82) is 0 Å². The fourth-order valence-corrected chi connectivity index (χ4v) is 2.03. The predicted octanol–water partition coefficient (Wildman–Crippen LogP) is 3.08. The van der Waals surface area contributed by atoms with Crippen LogP contribution in [-0.2, 0) is 11.3 Å². The van der Waals surface area contributed by atoms with Crippen molar-refractivity contribution in [3.05, 3.63) is 58.6 Å². The lowest BCUT2D eigenvalue weighted by molar-refractivity contribution is -0.115. The molecule has 0 unspecified atom stereocenters. The molecular formula is C16H17ClN2O2. The van der Waals surface area contributed by atoms with Crippen molar-refractivity contribution in [3.8, 4) is 5.75 Å². The van der Waals surface area contributed by atoms with E-state index in [0.29, 0.717) is 11.6 Å². The minimum absolute atomic E-state index is 0.126. The van der Waals surface area contributed by atoms with Crippen LogP contribution in [0.25, 0.3) is 0 Å². The van der Waals surface area contributed by atoms with Crippen LogP contribution in [0.5, 0.6) is 5.75 Å². The summed E-state index contributed by atoms with van der Waals surface area (Å²) in [6.45, 7) is 2.67. The number of hydrogen-bond donors (Lipinski definition) is 3. The van der Waals surface area contributed by atoms with Crippen molar-refractivity contribution in [2.45, 2.75) is 13.5 Å². The van der Waals surface area contributed by atoms with Gasteiger partial charge in [-0.25, -0.2) is 0 Å². The molecule has 0 radical (unpaired) electrons. The number of anilines is 1. The number of aryl methyl sites for hydroxylation is 1. The van der Waals surface area contributed by atoms with Crippen molar-refractivity contribution in [3.63, 3.8) is 0 Å². The number of rotatable bonds is 5. The summed E-state index contributed by atoms with van der Waals surface area (Å²) in [7, 11) is 0. The zero-order chi connectivity index (χ0) is 15.2. The third-order valence-electron chi connectivity index (χ3n) is 3.02. The summed E-state index contributed by atoms with van der Waals surface area (Å²) in [5, 5.41) is 15.6. The van der Waals surface area contributed by atoms with Crippen molar-refractivity contribution in [2.75, 3.05) is 11.9 Å². The van der Waals surface area contributed by atoms with Gasteiger partial charge in [-0.3, -0.25) is 4.79 Å². The van der Waals surface area contributed by atoms with Crippen LogP contribution in [0.3, 0.4) is 0 Å². The number of halogens is 1. The first kappa shape index (κ1) is 15.4. The van der Waals surface area contributed by atoms with Gasteiger partial charge in [0.25, 0.3) is 0 Å². The summed E-state index contributed by atoms with van der Waals surface area (Å²) in [6, 6.07) is 12.2. The number of nitrogens with one attached hydrogen (secondary N) is 2. The minimum Gasteiger partial charge on any atom is -0.508 e. The van der Waals surface area contributed by atoms with Gasteiger partial charge in [0.15, 0.2) is 0 Å². The van der Waals surface area contributed by atoms with E-state index in [1.807, 2.05) is 13.0 Å². The molecule has 2 aromatic carbocycles. The number of hydrogen-bond acceptors (Lipinski definition) is 3. The molecule has 0 aromatic heterocycles. The van der Waals surface area contributed by atoms with E-state index in [1.165, 1.54) is 0 Å². The first-order valence-electron chi connectivity index (χ1n) is 6.59. The SMILES string of the molecule is Cc1ccc(Cl)cc1NC(=O)CNCc1ccc(O)cc1. The summed E-state index contributed by atoms with van der Waals surface area (Å²) in [5.74, 6) is 0.104. The molecule has 0 heterocycles. The summed E-state index contributed by atoms with van der Waals surface area (Å²) >= 11 is 5.91. The van der Waals surface area contributed by atoms with Gasteiger partial charge in [-0.05, 0) is 42.3 Å². The Hall–Kier alpha value is -2.04. The summed E-state index contributed by atoms with van der Waals surface area (Å²) in [4.78, 5) is 11.9. The topological polar surface area (TPSA) is 61.4 Å². The molecule has 0 aliphatic rings. The average Bonchev–Trinajstić information content (AvgIpc) is 2.45. The van der Waals surface area contributed by atoms with Crippen molar-refractivity contribution in [1.82, 2.24) is 5.32 Å². The van der Waals surface area contributed by atoms with E-state index in [2.05, 4.69) is 10.6 Å². The molecule has 0 bridgehead atoms. The number of benzene rings is 2. The number of phenolic OH excluding ortho intramolecular Hbond substituents is 1. The van der Waals surface area contributed by atoms with Crippen LogP contribution in [-0.4, -0.2) is 17.6 Å². The molecule has 0 aliphatic carbocycles. The van der Waals surface area contributed by atoms with Crippen LogP contribution in [0.4, 0.5) is 5.69 Å². The maximum Gasteiger partial charge on any atom is 0.238 e. The molecule has 0 saturated heterocycles. The first-order valence-corrected chi connectivity index (χ1v) is 6.97. The van der Waals surface area contributed by atoms with Crippen molar-refractivity contribution >= 4 is 23.2 Å². The fraction of sp³-hybridized carbons (Fsp3) is 0.188. The number of carbonyl (C=O) groups is 1. The Morgan fingerprint density at radius 2 is 1.90 bits per heavy atom. The van der Waals surface area contributed by atoms with Gasteiger partial charge in [0.2, 0.25) is 5.91 Å². The molecular weight excluding hydrogens is 288 g/mol. The number of amides is 1. The molecule has 0 aliphatic heterocycles. The third kappa shape index (κ3) is 4.77. The van der Waals surface area contributed by atoms with Gasteiger partial charge in [0, 0.05) is 17.3 Å². The second kappa shape index (κ2) is 7.11. The maximum atomic E-state index is 11.9. The zero-order valence-corrected chi connectivity index (χ0v) is 12.4. The Morgan fingerprint density at radius 3 is 2.62 bits per heavy atom. The summed E-state index contributed by atoms with van der Waals surface area (Å²) in [6.07, 6.45) is 0. The second-order valence-corrected chi connectivity index (χ2v) is 5.21. The fourth-order valence-electron chi connectivity index (χ4n) is 1.86. The van der Waals surface area contributed by atoms with Crippen LogP contribution < -0.4 is 10.6 Å². The van der Waals surface area contributed by atoms with Gasteiger partial charge in [0.05, 0.1) is 6.54 Å². The smallest absolute Gasteiger partial charge is 0.238 e. The molecule has 0 atom stereocenters. The van der Waals surface area contributed by atoms with Crippen LogP contribution in [0.1, 0.15) is 11.1 Å². The van der Waals surface area contributed by atoms with Gasteiger partial charge in [0.1, 0.15) is 5.75 Å². The minimum atomic E-state index is -0.126. The second-order valence-electron chi connectivity index (χ2n) is 4.78. The van der Waals surface area contributed by atoms with E-state index < -0.39 is 0 Å². The lowest BCUT2D eigenvalue weighted by Gasteiger charge is -2.09. The van der Waals surface area contributed by atoms with Gasteiger partial charge < -0.3 is 15.7 Å². The first-order chi connectivity index (χ1) is 10.0. The third-order valence-corrected chi connectivity index (χ3v) is 3.26. The maximum absolute atomic E-state index is 11.9. The zero-order valence-electron chi connectivity index (χ0n) is 11.7. The van der Waals surface area contributed by atoms with E-state index in [1.54, 1.807) is 36.4 Å². The number of phenols is 1. The average molecular weight is 305 g/mol. The van der Waals surface area contributed by atoms with Gasteiger partial charge in [-0.15, -0.1) is 0 Å². The highest BCUT2D eigenvalue weighted by Gasteiger charge is 2.05. The van der Waals surface area contributed by atoms with Crippen LogP contribution in [0.2, 0.25) is 5.02 Å². The molecule has 0 saturated carbocycles. The molecule has 21 heavy (non-hydrogen) atoms. The Labute approximate surface area is 128 Å². The number of carbonyl (C=O) groups excluding carboxylic acids is 1. The van der Waals surface area contributed by atoms with Crippen LogP contribution in [0.15, 0.2) is 42.5 Å². The molecule has 110 valence electrons. The summed E-state index contributed by atoms with van der Waals surface area (Å²) < 4.78 is 0. The lowest BCUT2D eigenvalue weighted by Crippen LogP contribution is -2.27. The lowest BCUT2D eigenvalue weighted by atomic mass is 10.2. The van der Waals surface area contributed by atoms with Crippen LogP contribution >= 0.6 is 11.6 Å². The van der Waals surface area contributed by atoms with E-state index in [4.69, 9.17) is 11.6 Å². The predicted molar refractivity (Wildman–Crippen MR) is 84.6 cm³/mol. The highest BCUT2D eigenvalue weighted by Crippen LogP contribution is 2.19. The van der Waals surface area contributed by atoms with Gasteiger partial charge in [-0.1, -0.05) is 29.8 Å². The Balaban J connectivity index is 1.82. The molecule has 0 spiro atoms. The van der Waals surface area contributed by atoms with E-state index >= 15 is 0 Å². The Bertz CT molecular complexity index is 627. The van der Waals surface area contributed by atoms with Crippen molar-refractivity contribution < 1.29 is 9.90 Å². The normalized spacial score (nSPS) is 10.4. The molecule has 0 fully saturated rings. The Kier molecular flexibility index (Phi) is 5.20. The molecule has 4 nitrogen and oxygen atoms in total. The van der Waals surface area contributed by atoms with Crippen LogP contribution in [0, 0.1) is 6.92 Å². The molecule has 1 amide bonds. The standard InChI is InChI=1S/C16H17ClN2O2/c1-11-2-5-13(17)8-15(11)19-16(21)10-18-9-12-3-6-14(20)7-4-12/h2-8,18,20H,9-10H2,1H3,(H,19,21). The quantitative estimate of drug-likeness (QED) is 0.795. The van der Waals surface area contributed by atoms with E-state index in [-0.39, 0.29) is 18.2 Å². The van der Waals surface area contributed by atoms with E-state index in [9.17, 15) is 9.90 Å². The van der Waals surface area contributed by atoms with Gasteiger partial charge >= 0.3 is 0 Å². The summed E-state index contributed by atoms with van der Waals surface area (Å²) in [5.41, 5.74) is 2.68. The largest absolute Gasteiger partial charge is 0.508 e. The highest BCUT2D eigenvalue weighted by atomic mass is 35.5. The molecule has 5 heteroatoms.